The van der Waals surface area contributed by atoms with E-state index in [0.29, 0.717) is 18.0 Å². The van der Waals surface area contributed by atoms with Crippen LogP contribution in [0.1, 0.15) is 37.3 Å². The van der Waals surface area contributed by atoms with Crippen molar-refractivity contribution in [1.29, 1.82) is 0 Å². The molecule has 0 spiro atoms. The van der Waals surface area contributed by atoms with Gasteiger partial charge in [0.25, 0.3) is 0 Å². The molecule has 0 aromatic heterocycles. The predicted molar refractivity (Wildman–Crippen MR) is 76.3 cm³/mol. The SMILES string of the molecule is CCCN(C1CC1)S(=O)(=O)c1ccc(CN)cc1C. The molecular weight excluding hydrogens is 260 g/mol. The summed E-state index contributed by atoms with van der Waals surface area (Å²) >= 11 is 0. The molecule has 2 rings (SSSR count). The Bertz CT molecular complexity index is 551. The Kier molecular flexibility index (Phi) is 4.28. The lowest BCUT2D eigenvalue weighted by Crippen LogP contribution is -2.34. The van der Waals surface area contributed by atoms with E-state index >= 15 is 0 Å². The van der Waals surface area contributed by atoms with Crippen molar-refractivity contribution < 1.29 is 8.42 Å². The minimum Gasteiger partial charge on any atom is -0.326 e. The third-order valence-corrected chi connectivity index (χ3v) is 5.57. The molecule has 106 valence electrons. The van der Waals surface area contributed by atoms with Gasteiger partial charge in [-0.25, -0.2) is 8.42 Å². The van der Waals surface area contributed by atoms with Crippen LogP contribution >= 0.6 is 0 Å². The minimum atomic E-state index is -3.36. The fourth-order valence-electron chi connectivity index (χ4n) is 2.34. The largest absolute Gasteiger partial charge is 0.326 e. The summed E-state index contributed by atoms with van der Waals surface area (Å²) in [6.07, 6.45) is 2.81. The van der Waals surface area contributed by atoms with Gasteiger partial charge in [0.1, 0.15) is 0 Å². The van der Waals surface area contributed by atoms with E-state index in [4.69, 9.17) is 5.73 Å². The van der Waals surface area contributed by atoms with Crippen molar-refractivity contribution in [3.05, 3.63) is 29.3 Å². The fraction of sp³-hybridized carbons (Fsp3) is 0.571. The van der Waals surface area contributed by atoms with E-state index in [0.717, 1.165) is 30.4 Å². The highest BCUT2D eigenvalue weighted by atomic mass is 32.2. The van der Waals surface area contributed by atoms with Crippen molar-refractivity contribution >= 4 is 10.0 Å². The molecule has 0 saturated heterocycles. The van der Waals surface area contributed by atoms with Gasteiger partial charge in [0.15, 0.2) is 0 Å². The summed E-state index contributed by atoms with van der Waals surface area (Å²) in [5.41, 5.74) is 7.33. The zero-order valence-electron chi connectivity index (χ0n) is 11.6. The monoisotopic (exact) mass is 282 g/mol. The van der Waals surface area contributed by atoms with Crippen molar-refractivity contribution in [3.8, 4) is 0 Å². The third kappa shape index (κ3) is 2.99. The molecule has 0 atom stereocenters. The molecule has 1 saturated carbocycles. The van der Waals surface area contributed by atoms with E-state index in [1.165, 1.54) is 0 Å². The molecule has 0 heterocycles. The van der Waals surface area contributed by atoms with Crippen LogP contribution in [0.2, 0.25) is 0 Å². The number of hydrogen-bond acceptors (Lipinski definition) is 3. The van der Waals surface area contributed by atoms with Crippen LogP contribution in [-0.4, -0.2) is 25.3 Å². The van der Waals surface area contributed by atoms with Crippen LogP contribution in [0, 0.1) is 6.92 Å². The molecule has 2 N–H and O–H groups in total. The highest BCUT2D eigenvalue weighted by molar-refractivity contribution is 7.89. The zero-order valence-corrected chi connectivity index (χ0v) is 12.4. The van der Waals surface area contributed by atoms with Crippen LogP contribution < -0.4 is 5.73 Å². The average Bonchev–Trinajstić information content (AvgIpc) is 3.19. The van der Waals surface area contributed by atoms with Gasteiger partial charge in [-0.15, -0.1) is 0 Å². The lowest BCUT2D eigenvalue weighted by Gasteiger charge is -2.22. The van der Waals surface area contributed by atoms with Gasteiger partial charge in [0.2, 0.25) is 10.0 Å². The maximum absolute atomic E-state index is 12.7. The first-order valence-corrected chi connectivity index (χ1v) is 8.26. The van der Waals surface area contributed by atoms with Crippen LogP contribution in [0.5, 0.6) is 0 Å². The molecule has 19 heavy (non-hydrogen) atoms. The Morgan fingerprint density at radius 3 is 2.53 bits per heavy atom. The lowest BCUT2D eigenvalue weighted by atomic mass is 10.1. The summed E-state index contributed by atoms with van der Waals surface area (Å²) in [4.78, 5) is 0.421. The topological polar surface area (TPSA) is 63.4 Å². The van der Waals surface area contributed by atoms with Gasteiger partial charge in [0.05, 0.1) is 4.90 Å². The second kappa shape index (κ2) is 5.61. The van der Waals surface area contributed by atoms with Gasteiger partial charge in [-0.1, -0.05) is 19.1 Å². The fourth-order valence-corrected chi connectivity index (χ4v) is 4.32. The first kappa shape index (κ1) is 14.5. The quantitative estimate of drug-likeness (QED) is 0.868. The Morgan fingerprint density at radius 2 is 2.05 bits per heavy atom. The Labute approximate surface area is 115 Å². The van der Waals surface area contributed by atoms with Crippen molar-refractivity contribution in [1.82, 2.24) is 4.31 Å². The molecule has 0 amide bonds. The Morgan fingerprint density at radius 1 is 1.37 bits per heavy atom. The van der Waals surface area contributed by atoms with Gasteiger partial charge < -0.3 is 5.73 Å². The van der Waals surface area contributed by atoms with Crippen molar-refractivity contribution in [2.75, 3.05) is 6.54 Å². The lowest BCUT2D eigenvalue weighted by molar-refractivity contribution is 0.403. The van der Waals surface area contributed by atoms with Crippen LogP contribution in [0.15, 0.2) is 23.1 Å². The minimum absolute atomic E-state index is 0.207. The summed E-state index contributed by atoms with van der Waals surface area (Å²) in [5, 5.41) is 0. The molecule has 1 aromatic rings. The summed E-state index contributed by atoms with van der Waals surface area (Å²) in [7, 11) is -3.36. The highest BCUT2D eigenvalue weighted by Gasteiger charge is 2.37. The first-order valence-electron chi connectivity index (χ1n) is 6.82. The molecule has 1 aromatic carbocycles. The third-order valence-electron chi connectivity index (χ3n) is 3.46. The van der Waals surface area contributed by atoms with E-state index in [-0.39, 0.29) is 6.04 Å². The maximum Gasteiger partial charge on any atom is 0.243 e. The Hall–Kier alpha value is -0.910. The van der Waals surface area contributed by atoms with E-state index in [9.17, 15) is 8.42 Å². The van der Waals surface area contributed by atoms with Crippen molar-refractivity contribution in [3.63, 3.8) is 0 Å². The molecule has 0 unspecified atom stereocenters. The summed E-state index contributed by atoms with van der Waals surface area (Å²) in [6.45, 7) is 4.88. The van der Waals surface area contributed by atoms with Gasteiger partial charge in [-0.05, 0) is 43.4 Å². The second-order valence-electron chi connectivity index (χ2n) is 5.15. The van der Waals surface area contributed by atoms with Crippen molar-refractivity contribution in [2.24, 2.45) is 5.73 Å². The Balaban J connectivity index is 2.37. The van der Waals surface area contributed by atoms with E-state index in [1.54, 1.807) is 16.4 Å². The number of benzene rings is 1. The number of nitrogens with two attached hydrogens (primary N) is 1. The van der Waals surface area contributed by atoms with Crippen molar-refractivity contribution in [2.45, 2.75) is 50.6 Å². The van der Waals surface area contributed by atoms with Crippen LogP contribution in [0.25, 0.3) is 0 Å². The van der Waals surface area contributed by atoms with Crippen LogP contribution in [0.4, 0.5) is 0 Å². The average molecular weight is 282 g/mol. The molecule has 1 fully saturated rings. The standard InChI is InChI=1S/C14H22N2O2S/c1-3-8-16(13-5-6-13)19(17,18)14-7-4-12(10-15)9-11(14)2/h4,7,9,13H,3,5-6,8,10,15H2,1-2H3. The van der Waals surface area contributed by atoms with Crippen LogP contribution in [0.3, 0.4) is 0 Å². The van der Waals surface area contributed by atoms with E-state index in [1.807, 2.05) is 19.9 Å². The predicted octanol–water partition coefficient (Wildman–Crippen LogP) is 2.02. The summed E-state index contributed by atoms with van der Waals surface area (Å²) in [6, 6.07) is 5.57. The summed E-state index contributed by atoms with van der Waals surface area (Å²) in [5.74, 6) is 0. The van der Waals surface area contributed by atoms with Gasteiger partial charge in [-0.2, -0.15) is 4.31 Å². The molecular formula is C14H22N2O2S. The molecule has 0 aliphatic heterocycles. The smallest absolute Gasteiger partial charge is 0.243 e. The van der Waals surface area contributed by atoms with E-state index < -0.39 is 10.0 Å². The molecule has 0 radical (unpaired) electrons. The second-order valence-corrected chi connectivity index (χ2v) is 7.01. The number of nitrogens with zero attached hydrogens (tertiary/aromatic N) is 1. The number of sulfonamides is 1. The zero-order chi connectivity index (χ0) is 14.0. The number of aryl methyl sites for hydroxylation is 1. The first-order chi connectivity index (χ1) is 9.00. The molecule has 0 bridgehead atoms. The molecule has 4 nitrogen and oxygen atoms in total. The van der Waals surface area contributed by atoms with Gasteiger partial charge in [-0.3, -0.25) is 0 Å². The van der Waals surface area contributed by atoms with Gasteiger partial charge >= 0.3 is 0 Å². The van der Waals surface area contributed by atoms with Gasteiger partial charge in [0, 0.05) is 19.1 Å². The highest BCUT2D eigenvalue weighted by Crippen LogP contribution is 2.33. The number of rotatable bonds is 6. The maximum atomic E-state index is 12.7. The van der Waals surface area contributed by atoms with Crippen LogP contribution in [-0.2, 0) is 16.6 Å². The molecule has 1 aliphatic rings. The normalized spacial score (nSPS) is 16.0. The summed E-state index contributed by atoms with van der Waals surface area (Å²) < 4.78 is 27.1. The molecule has 1 aliphatic carbocycles. The molecule has 5 heteroatoms. The van der Waals surface area contributed by atoms with E-state index in [2.05, 4.69) is 0 Å². The number of hydrogen-bond donors (Lipinski definition) is 1.